The molecule has 0 spiro atoms. The molecule has 0 saturated carbocycles. The van der Waals surface area contributed by atoms with Gasteiger partial charge in [0, 0.05) is 31.1 Å². The first-order valence-electron chi connectivity index (χ1n) is 7.83. The first-order valence-corrected chi connectivity index (χ1v) is 8.71. The Morgan fingerprint density at radius 2 is 2.32 bits per heavy atom. The van der Waals surface area contributed by atoms with Crippen molar-refractivity contribution in [3.8, 4) is 0 Å². The summed E-state index contributed by atoms with van der Waals surface area (Å²) in [7, 11) is 0. The lowest BCUT2D eigenvalue weighted by Gasteiger charge is -2.33. The van der Waals surface area contributed by atoms with E-state index < -0.39 is 0 Å². The molecule has 122 valence electrons. The van der Waals surface area contributed by atoms with E-state index in [-0.39, 0.29) is 0 Å². The molecule has 1 atom stereocenters. The van der Waals surface area contributed by atoms with Crippen LogP contribution < -0.4 is 10.6 Å². The van der Waals surface area contributed by atoms with Gasteiger partial charge in [-0.25, -0.2) is 0 Å². The van der Waals surface area contributed by atoms with Crippen LogP contribution in [0.3, 0.4) is 0 Å². The molecule has 2 heterocycles. The summed E-state index contributed by atoms with van der Waals surface area (Å²) in [4.78, 5) is 8.59. The highest BCUT2D eigenvalue weighted by atomic mass is 32.1. The van der Waals surface area contributed by atoms with Crippen molar-refractivity contribution in [3.63, 3.8) is 0 Å². The third-order valence-corrected chi connectivity index (χ3v) is 4.51. The predicted molar refractivity (Wildman–Crippen MR) is 93.6 cm³/mol. The van der Waals surface area contributed by atoms with Gasteiger partial charge < -0.3 is 15.4 Å². The summed E-state index contributed by atoms with van der Waals surface area (Å²) in [6, 6.07) is 4.63. The fourth-order valence-corrected chi connectivity index (χ4v) is 3.30. The van der Waals surface area contributed by atoms with E-state index in [1.54, 1.807) is 11.3 Å². The second-order valence-corrected chi connectivity index (χ2v) is 6.05. The van der Waals surface area contributed by atoms with Crippen LogP contribution in [-0.4, -0.2) is 56.8 Å². The third-order valence-electron chi connectivity index (χ3n) is 3.54. The summed E-state index contributed by atoms with van der Waals surface area (Å²) in [5.41, 5.74) is 0. The van der Waals surface area contributed by atoms with E-state index in [0.29, 0.717) is 12.6 Å². The topological polar surface area (TPSA) is 48.9 Å². The Kier molecular flexibility index (Phi) is 7.42. The largest absolute Gasteiger partial charge is 0.379 e. The molecule has 5 nitrogen and oxygen atoms in total. The maximum atomic E-state index is 5.47. The highest BCUT2D eigenvalue weighted by Crippen LogP contribution is 2.26. The van der Waals surface area contributed by atoms with Crippen molar-refractivity contribution in [3.05, 3.63) is 35.0 Å². The van der Waals surface area contributed by atoms with Gasteiger partial charge >= 0.3 is 0 Å². The molecule has 0 amide bonds. The summed E-state index contributed by atoms with van der Waals surface area (Å²) >= 11 is 1.80. The molecule has 1 aromatic heterocycles. The zero-order valence-corrected chi connectivity index (χ0v) is 14.1. The molecule has 2 rings (SSSR count). The van der Waals surface area contributed by atoms with Gasteiger partial charge in [-0.3, -0.25) is 9.89 Å². The van der Waals surface area contributed by atoms with Crippen molar-refractivity contribution in [2.45, 2.75) is 13.0 Å². The number of ether oxygens (including phenoxy) is 1. The molecular formula is C16H26N4OS. The first-order chi connectivity index (χ1) is 10.8. The minimum atomic E-state index is 0.322. The summed E-state index contributed by atoms with van der Waals surface area (Å²) in [5.74, 6) is 0.845. The highest BCUT2D eigenvalue weighted by molar-refractivity contribution is 7.10. The number of morpholine rings is 1. The number of aliphatic imine (C=N–C) groups is 1. The minimum Gasteiger partial charge on any atom is -0.379 e. The molecule has 1 unspecified atom stereocenters. The number of hydrogen-bond donors (Lipinski definition) is 2. The number of nitrogens with one attached hydrogen (secondary N) is 2. The monoisotopic (exact) mass is 322 g/mol. The van der Waals surface area contributed by atoms with Crippen molar-refractivity contribution in [2.75, 3.05) is 45.9 Å². The molecule has 0 aromatic carbocycles. The molecule has 0 aliphatic carbocycles. The van der Waals surface area contributed by atoms with Gasteiger partial charge in [-0.1, -0.05) is 12.1 Å². The SMILES string of the molecule is C=CCNC(=NCC(c1cccs1)N1CCOCC1)NCC. The molecule has 1 aromatic rings. The lowest BCUT2D eigenvalue weighted by molar-refractivity contribution is 0.0186. The zero-order chi connectivity index (χ0) is 15.6. The van der Waals surface area contributed by atoms with Crippen molar-refractivity contribution in [1.29, 1.82) is 0 Å². The van der Waals surface area contributed by atoms with Gasteiger partial charge in [0.2, 0.25) is 0 Å². The normalized spacial score (nSPS) is 18.0. The van der Waals surface area contributed by atoms with E-state index in [4.69, 9.17) is 9.73 Å². The standard InChI is InChI=1S/C16H26N4OS/c1-3-7-18-16(17-4-2)19-13-14(15-6-5-12-22-15)20-8-10-21-11-9-20/h3,5-6,12,14H,1,4,7-11,13H2,2H3,(H2,17,18,19). The Morgan fingerprint density at radius 1 is 1.50 bits per heavy atom. The molecule has 0 radical (unpaired) electrons. The van der Waals surface area contributed by atoms with E-state index >= 15 is 0 Å². The average Bonchev–Trinajstić information content (AvgIpc) is 3.08. The molecule has 1 aliphatic rings. The van der Waals surface area contributed by atoms with Crippen molar-refractivity contribution < 1.29 is 4.74 Å². The van der Waals surface area contributed by atoms with Gasteiger partial charge in [-0.2, -0.15) is 0 Å². The summed E-state index contributed by atoms with van der Waals surface area (Å²) in [5, 5.41) is 8.66. The van der Waals surface area contributed by atoms with Crippen LogP contribution in [0.1, 0.15) is 17.8 Å². The molecule has 1 saturated heterocycles. The number of rotatable bonds is 7. The molecule has 1 fully saturated rings. The van der Waals surface area contributed by atoms with Gasteiger partial charge in [0.1, 0.15) is 0 Å². The maximum Gasteiger partial charge on any atom is 0.191 e. The van der Waals surface area contributed by atoms with Gasteiger partial charge in [0.05, 0.1) is 25.8 Å². The average molecular weight is 322 g/mol. The zero-order valence-electron chi connectivity index (χ0n) is 13.3. The van der Waals surface area contributed by atoms with Crippen LogP contribution in [0.4, 0.5) is 0 Å². The Bertz CT molecular complexity index is 455. The van der Waals surface area contributed by atoms with Gasteiger partial charge in [-0.15, -0.1) is 17.9 Å². The summed E-state index contributed by atoms with van der Waals surface area (Å²) in [6.45, 7) is 11.7. The van der Waals surface area contributed by atoms with Crippen LogP contribution in [0.5, 0.6) is 0 Å². The molecule has 2 N–H and O–H groups in total. The molecule has 22 heavy (non-hydrogen) atoms. The molecule has 1 aliphatic heterocycles. The van der Waals surface area contributed by atoms with E-state index in [1.807, 2.05) is 6.08 Å². The van der Waals surface area contributed by atoms with Crippen LogP contribution in [0.25, 0.3) is 0 Å². The highest BCUT2D eigenvalue weighted by Gasteiger charge is 2.23. The minimum absolute atomic E-state index is 0.322. The first kappa shape index (κ1) is 17.0. The number of guanidine groups is 1. The number of nitrogens with zero attached hydrogens (tertiary/aromatic N) is 2. The van der Waals surface area contributed by atoms with E-state index in [0.717, 1.165) is 45.4 Å². The number of hydrogen-bond acceptors (Lipinski definition) is 4. The smallest absolute Gasteiger partial charge is 0.191 e. The Morgan fingerprint density at radius 3 is 2.95 bits per heavy atom. The summed E-state index contributed by atoms with van der Waals surface area (Å²) in [6.07, 6.45) is 1.84. The van der Waals surface area contributed by atoms with Gasteiger partial charge in [0.15, 0.2) is 5.96 Å². The second kappa shape index (κ2) is 9.61. The van der Waals surface area contributed by atoms with Crippen LogP contribution in [-0.2, 0) is 4.74 Å². The predicted octanol–water partition coefficient (Wildman–Crippen LogP) is 1.86. The van der Waals surface area contributed by atoms with Crippen LogP contribution >= 0.6 is 11.3 Å². The van der Waals surface area contributed by atoms with Gasteiger partial charge in [-0.05, 0) is 18.4 Å². The lowest BCUT2D eigenvalue weighted by atomic mass is 10.2. The van der Waals surface area contributed by atoms with E-state index in [2.05, 4.69) is 46.5 Å². The summed E-state index contributed by atoms with van der Waals surface area (Å²) < 4.78 is 5.47. The van der Waals surface area contributed by atoms with E-state index in [9.17, 15) is 0 Å². The molecular weight excluding hydrogens is 296 g/mol. The third kappa shape index (κ3) is 5.12. The lowest BCUT2D eigenvalue weighted by Crippen LogP contribution is -2.41. The van der Waals surface area contributed by atoms with Gasteiger partial charge in [0.25, 0.3) is 0 Å². The van der Waals surface area contributed by atoms with Crippen molar-refractivity contribution >= 4 is 17.3 Å². The van der Waals surface area contributed by atoms with Crippen LogP contribution in [0.15, 0.2) is 35.2 Å². The fraction of sp³-hybridized carbons (Fsp3) is 0.562. The quantitative estimate of drug-likeness (QED) is 0.457. The Balaban J connectivity index is 2.05. The van der Waals surface area contributed by atoms with Crippen LogP contribution in [0.2, 0.25) is 0 Å². The van der Waals surface area contributed by atoms with Crippen molar-refractivity contribution in [2.24, 2.45) is 4.99 Å². The molecule has 6 heteroatoms. The Labute approximate surface area is 137 Å². The Hall–Kier alpha value is -1.37. The maximum absolute atomic E-state index is 5.47. The van der Waals surface area contributed by atoms with Crippen molar-refractivity contribution in [1.82, 2.24) is 15.5 Å². The fourth-order valence-electron chi connectivity index (χ4n) is 2.44. The van der Waals surface area contributed by atoms with E-state index in [1.165, 1.54) is 4.88 Å². The number of thiophene rings is 1. The molecule has 0 bridgehead atoms. The second-order valence-electron chi connectivity index (χ2n) is 5.07. The van der Waals surface area contributed by atoms with Crippen LogP contribution in [0, 0.1) is 0 Å².